The van der Waals surface area contributed by atoms with Gasteiger partial charge in [0, 0.05) is 20.1 Å². The summed E-state index contributed by atoms with van der Waals surface area (Å²) in [6, 6.07) is 0.400. The highest BCUT2D eigenvalue weighted by Crippen LogP contribution is 2.25. The van der Waals surface area contributed by atoms with Crippen molar-refractivity contribution in [2.24, 2.45) is 5.92 Å². The van der Waals surface area contributed by atoms with Gasteiger partial charge in [0.15, 0.2) is 0 Å². The van der Waals surface area contributed by atoms with Crippen LogP contribution in [0.4, 0.5) is 11.9 Å². The van der Waals surface area contributed by atoms with E-state index in [1.165, 1.54) is 25.7 Å². The van der Waals surface area contributed by atoms with Crippen molar-refractivity contribution in [1.29, 1.82) is 0 Å². The Bertz CT molecular complexity index is 418. The molecule has 1 aliphatic rings. The smallest absolute Gasteiger partial charge is 0.323 e. The summed E-state index contributed by atoms with van der Waals surface area (Å²) in [6.45, 7) is 6.78. The molecule has 1 N–H and O–H groups in total. The molecule has 0 atom stereocenters. The SMILES string of the molecule is CCCC1CCN(c2nc(NC)nc(OCC)n2)CC1. The van der Waals surface area contributed by atoms with E-state index >= 15 is 0 Å². The average Bonchev–Trinajstić information content (AvgIpc) is 2.48. The number of ether oxygens (including phenoxy) is 1. The molecule has 0 radical (unpaired) electrons. The third kappa shape index (κ3) is 3.71. The van der Waals surface area contributed by atoms with Gasteiger partial charge in [-0.2, -0.15) is 15.0 Å². The van der Waals surface area contributed by atoms with Crippen molar-refractivity contribution in [1.82, 2.24) is 15.0 Å². The Balaban J connectivity index is 2.06. The van der Waals surface area contributed by atoms with Gasteiger partial charge in [0.2, 0.25) is 11.9 Å². The minimum atomic E-state index is 0.400. The van der Waals surface area contributed by atoms with Crippen LogP contribution in [0.1, 0.15) is 39.5 Å². The van der Waals surface area contributed by atoms with E-state index in [0.717, 1.165) is 25.0 Å². The molecule has 1 aromatic rings. The third-order valence-corrected chi connectivity index (χ3v) is 3.69. The number of piperidine rings is 1. The third-order valence-electron chi connectivity index (χ3n) is 3.69. The lowest BCUT2D eigenvalue weighted by molar-refractivity contribution is 0.311. The zero-order valence-corrected chi connectivity index (χ0v) is 12.7. The zero-order valence-electron chi connectivity index (χ0n) is 12.7. The molecule has 6 heteroatoms. The van der Waals surface area contributed by atoms with Crippen molar-refractivity contribution in [2.45, 2.75) is 39.5 Å². The Labute approximate surface area is 121 Å². The van der Waals surface area contributed by atoms with E-state index in [1.54, 1.807) is 0 Å². The zero-order chi connectivity index (χ0) is 14.4. The van der Waals surface area contributed by atoms with Gasteiger partial charge in [-0.05, 0) is 25.7 Å². The normalized spacial score (nSPS) is 16.2. The molecule has 2 rings (SSSR count). The minimum absolute atomic E-state index is 0.400. The molecule has 1 aromatic heterocycles. The van der Waals surface area contributed by atoms with E-state index in [0.29, 0.717) is 18.6 Å². The Kier molecular flexibility index (Phi) is 5.38. The standard InChI is InChI=1S/C14H25N5O/c1-4-6-11-7-9-19(10-8-11)13-16-12(15-3)17-14(18-13)20-5-2/h11H,4-10H2,1-3H3,(H,15,16,17,18). The lowest BCUT2D eigenvalue weighted by Gasteiger charge is -2.31. The first-order valence-corrected chi connectivity index (χ1v) is 7.58. The first-order valence-electron chi connectivity index (χ1n) is 7.58. The van der Waals surface area contributed by atoms with E-state index in [1.807, 2.05) is 14.0 Å². The number of aromatic nitrogens is 3. The first kappa shape index (κ1) is 14.8. The largest absolute Gasteiger partial charge is 0.464 e. The number of anilines is 2. The maximum atomic E-state index is 5.41. The Hall–Kier alpha value is -1.59. The second-order valence-corrected chi connectivity index (χ2v) is 5.14. The molecule has 0 aliphatic carbocycles. The second-order valence-electron chi connectivity index (χ2n) is 5.14. The van der Waals surface area contributed by atoms with Crippen molar-refractivity contribution in [2.75, 3.05) is 37.0 Å². The lowest BCUT2D eigenvalue weighted by atomic mass is 9.93. The molecule has 112 valence electrons. The molecule has 2 heterocycles. The van der Waals surface area contributed by atoms with Gasteiger partial charge in [-0.3, -0.25) is 0 Å². The second kappa shape index (κ2) is 7.26. The van der Waals surface area contributed by atoms with Crippen LogP contribution in [0.2, 0.25) is 0 Å². The summed E-state index contributed by atoms with van der Waals surface area (Å²) in [6.07, 6.45) is 5.04. The fourth-order valence-corrected chi connectivity index (χ4v) is 2.62. The van der Waals surface area contributed by atoms with Gasteiger partial charge >= 0.3 is 6.01 Å². The molecule has 0 amide bonds. The van der Waals surface area contributed by atoms with Crippen molar-refractivity contribution in [3.05, 3.63) is 0 Å². The fourth-order valence-electron chi connectivity index (χ4n) is 2.62. The van der Waals surface area contributed by atoms with Gasteiger partial charge in [-0.15, -0.1) is 0 Å². The van der Waals surface area contributed by atoms with Crippen LogP contribution in [-0.4, -0.2) is 41.7 Å². The van der Waals surface area contributed by atoms with Crippen LogP contribution < -0.4 is 15.0 Å². The molecule has 1 aliphatic heterocycles. The number of nitrogens with one attached hydrogen (secondary N) is 1. The maximum Gasteiger partial charge on any atom is 0.323 e. The fraction of sp³-hybridized carbons (Fsp3) is 0.786. The summed E-state index contributed by atoms with van der Waals surface area (Å²) < 4.78 is 5.41. The van der Waals surface area contributed by atoms with Gasteiger partial charge in [0.25, 0.3) is 0 Å². The quantitative estimate of drug-likeness (QED) is 0.862. The van der Waals surface area contributed by atoms with E-state index in [2.05, 4.69) is 32.1 Å². The van der Waals surface area contributed by atoms with Crippen molar-refractivity contribution >= 4 is 11.9 Å². The molecular weight excluding hydrogens is 254 g/mol. The van der Waals surface area contributed by atoms with Crippen molar-refractivity contribution in [3.8, 4) is 6.01 Å². The van der Waals surface area contributed by atoms with Crippen LogP contribution in [0, 0.1) is 5.92 Å². The predicted molar refractivity (Wildman–Crippen MR) is 80.4 cm³/mol. The number of nitrogens with zero attached hydrogens (tertiary/aromatic N) is 4. The first-order chi connectivity index (χ1) is 9.76. The molecule has 0 bridgehead atoms. The molecule has 0 spiro atoms. The van der Waals surface area contributed by atoms with E-state index in [-0.39, 0.29) is 0 Å². The summed E-state index contributed by atoms with van der Waals surface area (Å²) in [7, 11) is 1.81. The highest BCUT2D eigenvalue weighted by Gasteiger charge is 2.21. The molecule has 1 saturated heterocycles. The summed E-state index contributed by atoms with van der Waals surface area (Å²) in [4.78, 5) is 15.3. The molecule has 0 saturated carbocycles. The summed E-state index contributed by atoms with van der Waals surface area (Å²) in [5, 5.41) is 2.97. The average molecular weight is 279 g/mol. The van der Waals surface area contributed by atoms with Crippen LogP contribution in [0.3, 0.4) is 0 Å². The Morgan fingerprint density at radius 3 is 2.55 bits per heavy atom. The van der Waals surface area contributed by atoms with Crippen LogP contribution in [0.5, 0.6) is 6.01 Å². The van der Waals surface area contributed by atoms with Gasteiger partial charge in [-0.25, -0.2) is 0 Å². The lowest BCUT2D eigenvalue weighted by Crippen LogP contribution is -2.35. The number of hydrogen-bond acceptors (Lipinski definition) is 6. The molecule has 6 nitrogen and oxygen atoms in total. The highest BCUT2D eigenvalue weighted by atomic mass is 16.5. The predicted octanol–water partition coefficient (Wildman–Crippen LogP) is 2.33. The topological polar surface area (TPSA) is 63.2 Å². The van der Waals surface area contributed by atoms with Crippen molar-refractivity contribution in [3.63, 3.8) is 0 Å². The molecule has 0 aromatic carbocycles. The summed E-state index contributed by atoms with van der Waals surface area (Å²) in [5.74, 6) is 2.14. The number of rotatable bonds is 6. The van der Waals surface area contributed by atoms with Gasteiger partial charge in [0.05, 0.1) is 6.61 Å². The van der Waals surface area contributed by atoms with E-state index < -0.39 is 0 Å². The monoisotopic (exact) mass is 279 g/mol. The Morgan fingerprint density at radius 2 is 1.95 bits per heavy atom. The van der Waals surface area contributed by atoms with Crippen LogP contribution in [0.15, 0.2) is 0 Å². The maximum absolute atomic E-state index is 5.41. The van der Waals surface area contributed by atoms with E-state index in [4.69, 9.17) is 4.74 Å². The van der Waals surface area contributed by atoms with Gasteiger partial charge < -0.3 is 15.0 Å². The summed E-state index contributed by atoms with van der Waals surface area (Å²) >= 11 is 0. The Morgan fingerprint density at radius 1 is 1.20 bits per heavy atom. The molecule has 0 unspecified atom stereocenters. The van der Waals surface area contributed by atoms with Crippen molar-refractivity contribution < 1.29 is 4.74 Å². The molecular formula is C14H25N5O. The van der Waals surface area contributed by atoms with Crippen LogP contribution >= 0.6 is 0 Å². The van der Waals surface area contributed by atoms with Gasteiger partial charge in [-0.1, -0.05) is 19.8 Å². The minimum Gasteiger partial charge on any atom is -0.464 e. The van der Waals surface area contributed by atoms with Crippen LogP contribution in [0.25, 0.3) is 0 Å². The molecule has 20 heavy (non-hydrogen) atoms. The van der Waals surface area contributed by atoms with Crippen LogP contribution in [-0.2, 0) is 0 Å². The summed E-state index contributed by atoms with van der Waals surface area (Å²) in [5.41, 5.74) is 0. The highest BCUT2D eigenvalue weighted by molar-refractivity contribution is 5.38. The molecule has 1 fully saturated rings. The van der Waals surface area contributed by atoms with Gasteiger partial charge in [0.1, 0.15) is 0 Å². The number of hydrogen-bond donors (Lipinski definition) is 1. The van der Waals surface area contributed by atoms with E-state index in [9.17, 15) is 0 Å².